The van der Waals surface area contributed by atoms with Crippen molar-refractivity contribution in [3.8, 4) is 0 Å². The van der Waals surface area contributed by atoms with E-state index in [1.54, 1.807) is 56.3 Å². The van der Waals surface area contributed by atoms with E-state index in [1.807, 2.05) is 0 Å². The number of amides is 1. The molecule has 0 bridgehead atoms. The van der Waals surface area contributed by atoms with Crippen LogP contribution in [-0.4, -0.2) is 20.9 Å². The molecular weight excluding hydrogens is 439 g/mol. The van der Waals surface area contributed by atoms with Gasteiger partial charge in [0.1, 0.15) is 12.4 Å². The van der Waals surface area contributed by atoms with Crippen molar-refractivity contribution in [2.45, 2.75) is 24.8 Å². The zero-order chi connectivity index (χ0) is 22.6. The molecule has 0 aliphatic heterocycles. The summed E-state index contributed by atoms with van der Waals surface area (Å²) in [5.74, 6) is -0.880. The number of rotatable bonds is 7. The van der Waals surface area contributed by atoms with Crippen molar-refractivity contribution in [2.75, 3.05) is 10.8 Å². The lowest BCUT2D eigenvalue weighted by Crippen LogP contribution is -2.41. The molecule has 0 unspecified atom stereocenters. The topological polar surface area (TPSA) is 66.5 Å². The van der Waals surface area contributed by atoms with E-state index in [0.29, 0.717) is 21.8 Å². The third-order valence-corrected chi connectivity index (χ3v) is 6.81. The van der Waals surface area contributed by atoms with Crippen molar-refractivity contribution in [3.63, 3.8) is 0 Å². The van der Waals surface area contributed by atoms with Crippen LogP contribution in [-0.2, 0) is 14.8 Å². The molecule has 1 atom stereocenters. The van der Waals surface area contributed by atoms with E-state index in [1.165, 1.54) is 30.3 Å². The van der Waals surface area contributed by atoms with E-state index < -0.39 is 28.5 Å². The van der Waals surface area contributed by atoms with Crippen LogP contribution in [0.2, 0.25) is 5.02 Å². The molecule has 0 saturated heterocycles. The number of hydrogen-bond acceptors (Lipinski definition) is 3. The number of sulfonamides is 1. The van der Waals surface area contributed by atoms with Crippen LogP contribution in [0.5, 0.6) is 0 Å². The number of halogens is 2. The minimum atomic E-state index is -4.03. The van der Waals surface area contributed by atoms with Gasteiger partial charge in [-0.3, -0.25) is 9.10 Å². The van der Waals surface area contributed by atoms with Gasteiger partial charge in [-0.1, -0.05) is 48.0 Å². The Balaban J connectivity index is 1.92. The maximum atomic E-state index is 13.4. The fourth-order valence-electron chi connectivity index (χ4n) is 3.12. The number of nitrogens with one attached hydrogen (secondary N) is 1. The normalized spacial score (nSPS) is 12.3. The van der Waals surface area contributed by atoms with Gasteiger partial charge in [-0.15, -0.1) is 0 Å². The third kappa shape index (κ3) is 5.42. The van der Waals surface area contributed by atoms with E-state index in [9.17, 15) is 17.6 Å². The first kappa shape index (κ1) is 22.8. The highest BCUT2D eigenvalue weighted by Crippen LogP contribution is 2.29. The molecule has 0 heterocycles. The summed E-state index contributed by atoms with van der Waals surface area (Å²) in [6.07, 6.45) is 0. The molecule has 3 aromatic rings. The van der Waals surface area contributed by atoms with Gasteiger partial charge < -0.3 is 5.32 Å². The number of hydrogen-bond donors (Lipinski definition) is 1. The molecule has 0 saturated carbocycles. The Morgan fingerprint density at radius 3 is 2.35 bits per heavy atom. The average molecular weight is 461 g/mol. The summed E-state index contributed by atoms with van der Waals surface area (Å²) >= 11 is 6.12. The Hall–Kier alpha value is -2.90. The molecule has 0 aromatic heterocycles. The van der Waals surface area contributed by atoms with Crippen LogP contribution in [0.1, 0.15) is 24.1 Å². The van der Waals surface area contributed by atoms with Crippen LogP contribution >= 0.6 is 11.6 Å². The van der Waals surface area contributed by atoms with Gasteiger partial charge in [0.25, 0.3) is 10.0 Å². The Morgan fingerprint density at radius 1 is 1.06 bits per heavy atom. The van der Waals surface area contributed by atoms with Gasteiger partial charge in [-0.25, -0.2) is 12.8 Å². The molecule has 0 aliphatic rings. The first-order valence-corrected chi connectivity index (χ1v) is 11.4. The summed E-state index contributed by atoms with van der Waals surface area (Å²) in [6, 6.07) is 18.1. The Bertz CT molecular complexity index is 1170. The molecule has 1 N–H and O–H groups in total. The largest absolute Gasteiger partial charge is 0.348 e. The van der Waals surface area contributed by atoms with Crippen molar-refractivity contribution >= 4 is 33.2 Å². The molecule has 1 amide bonds. The van der Waals surface area contributed by atoms with Crippen molar-refractivity contribution in [2.24, 2.45) is 0 Å². The highest BCUT2D eigenvalue weighted by molar-refractivity contribution is 7.92. The molecule has 3 rings (SSSR count). The van der Waals surface area contributed by atoms with E-state index in [-0.39, 0.29) is 10.7 Å². The minimum Gasteiger partial charge on any atom is -0.348 e. The maximum absolute atomic E-state index is 13.4. The van der Waals surface area contributed by atoms with Gasteiger partial charge in [0.15, 0.2) is 0 Å². The molecule has 3 aromatic carbocycles. The number of carbonyl (C=O) groups excluding carboxylic acids is 1. The van der Waals surface area contributed by atoms with Crippen molar-refractivity contribution in [1.82, 2.24) is 5.32 Å². The van der Waals surface area contributed by atoms with E-state index in [2.05, 4.69) is 5.32 Å². The van der Waals surface area contributed by atoms with Crippen LogP contribution in [0.25, 0.3) is 0 Å². The van der Waals surface area contributed by atoms with Gasteiger partial charge >= 0.3 is 0 Å². The van der Waals surface area contributed by atoms with E-state index in [0.717, 1.165) is 4.31 Å². The van der Waals surface area contributed by atoms with E-state index in [4.69, 9.17) is 11.6 Å². The lowest BCUT2D eigenvalue weighted by atomic mass is 10.1. The Morgan fingerprint density at radius 2 is 1.71 bits per heavy atom. The van der Waals surface area contributed by atoms with Gasteiger partial charge in [-0.2, -0.15) is 0 Å². The predicted molar refractivity (Wildman–Crippen MR) is 120 cm³/mol. The molecule has 8 heteroatoms. The fourth-order valence-corrected chi connectivity index (χ4v) is 4.79. The molecule has 0 aliphatic carbocycles. The number of aryl methyl sites for hydroxylation is 1. The highest BCUT2D eigenvalue weighted by Gasteiger charge is 2.28. The quantitative estimate of drug-likeness (QED) is 0.547. The summed E-state index contributed by atoms with van der Waals surface area (Å²) in [5, 5.41) is 3.13. The van der Waals surface area contributed by atoms with E-state index >= 15 is 0 Å². The highest BCUT2D eigenvalue weighted by atomic mass is 35.5. The lowest BCUT2D eigenvalue weighted by molar-refractivity contribution is -0.120. The number of nitrogens with zero attached hydrogens (tertiary/aromatic N) is 1. The first-order valence-electron chi connectivity index (χ1n) is 9.57. The van der Waals surface area contributed by atoms with Gasteiger partial charge in [0, 0.05) is 5.02 Å². The average Bonchev–Trinajstić information content (AvgIpc) is 2.75. The summed E-state index contributed by atoms with van der Waals surface area (Å²) in [7, 11) is -4.03. The second-order valence-corrected chi connectivity index (χ2v) is 9.40. The van der Waals surface area contributed by atoms with Crippen LogP contribution in [0.3, 0.4) is 0 Å². The molecule has 162 valence electrons. The van der Waals surface area contributed by atoms with Gasteiger partial charge in [0.05, 0.1) is 16.6 Å². The van der Waals surface area contributed by atoms with Gasteiger partial charge in [0.2, 0.25) is 5.91 Å². The number of anilines is 1. The smallest absolute Gasteiger partial charge is 0.264 e. The minimum absolute atomic E-state index is 0.0637. The second-order valence-electron chi connectivity index (χ2n) is 7.10. The Labute approximate surface area is 186 Å². The van der Waals surface area contributed by atoms with Crippen molar-refractivity contribution < 1.29 is 17.6 Å². The summed E-state index contributed by atoms with van der Waals surface area (Å²) in [6.45, 7) is 3.05. The number of benzene rings is 3. The van der Waals surface area contributed by atoms with Crippen LogP contribution < -0.4 is 9.62 Å². The maximum Gasteiger partial charge on any atom is 0.264 e. The zero-order valence-corrected chi connectivity index (χ0v) is 18.6. The zero-order valence-electron chi connectivity index (χ0n) is 17.0. The summed E-state index contributed by atoms with van der Waals surface area (Å²) in [5.41, 5.74) is 1.68. The van der Waals surface area contributed by atoms with Crippen LogP contribution in [0.15, 0.2) is 77.7 Å². The van der Waals surface area contributed by atoms with Crippen LogP contribution in [0.4, 0.5) is 10.1 Å². The fraction of sp³-hybridized carbons (Fsp3) is 0.174. The summed E-state index contributed by atoms with van der Waals surface area (Å²) in [4.78, 5) is 12.9. The predicted octanol–water partition coefficient (Wildman–Crippen LogP) is 4.86. The monoisotopic (exact) mass is 460 g/mol. The van der Waals surface area contributed by atoms with Crippen molar-refractivity contribution in [1.29, 1.82) is 0 Å². The SMILES string of the molecule is Cc1ccc(Cl)cc1N(CC(=O)N[C@H](C)c1ccc(F)cc1)S(=O)(=O)c1ccccc1. The molecule has 31 heavy (non-hydrogen) atoms. The molecular formula is C23H22ClFN2O3S. The van der Waals surface area contributed by atoms with Crippen LogP contribution in [0, 0.1) is 12.7 Å². The molecule has 0 radical (unpaired) electrons. The second kappa shape index (κ2) is 9.49. The van der Waals surface area contributed by atoms with Gasteiger partial charge in [-0.05, 0) is 61.4 Å². The lowest BCUT2D eigenvalue weighted by Gasteiger charge is -2.26. The number of carbonyl (C=O) groups is 1. The standard InChI is InChI=1S/C23H22ClFN2O3S/c1-16-8-11-19(24)14-22(16)27(31(29,30)21-6-4-3-5-7-21)15-23(28)26-17(2)18-9-12-20(25)13-10-18/h3-14,17H,15H2,1-2H3,(H,26,28)/t17-/m1/s1. The summed E-state index contributed by atoms with van der Waals surface area (Å²) < 4.78 is 41.0. The molecule has 0 spiro atoms. The molecule has 0 fully saturated rings. The Kier molecular flexibility index (Phi) is 6.97. The first-order chi connectivity index (χ1) is 14.7. The third-order valence-electron chi connectivity index (χ3n) is 4.81. The molecule has 5 nitrogen and oxygen atoms in total. The van der Waals surface area contributed by atoms with Crippen molar-refractivity contribution in [3.05, 3.63) is 94.8 Å².